The van der Waals surface area contributed by atoms with E-state index < -0.39 is 0 Å². The highest BCUT2D eigenvalue weighted by Crippen LogP contribution is 2.51. The van der Waals surface area contributed by atoms with Crippen LogP contribution in [0.15, 0.2) is 64.4 Å². The van der Waals surface area contributed by atoms with Crippen molar-refractivity contribution in [2.75, 3.05) is 14.2 Å². The van der Waals surface area contributed by atoms with Crippen molar-refractivity contribution in [1.29, 1.82) is 0 Å². The molecule has 5 rings (SSSR count). The van der Waals surface area contributed by atoms with Gasteiger partial charge in [0.25, 0.3) is 0 Å². The molecule has 0 spiro atoms. The van der Waals surface area contributed by atoms with Crippen LogP contribution in [0.3, 0.4) is 0 Å². The molecule has 3 aromatic carbocycles. The van der Waals surface area contributed by atoms with Gasteiger partial charge in [0.2, 0.25) is 0 Å². The average molecular weight is 404 g/mol. The fourth-order valence-corrected chi connectivity index (χ4v) is 4.95. The Morgan fingerprint density at radius 1 is 0.966 bits per heavy atom. The molecular formula is C24H21NO3S. The molecule has 2 heterocycles. The Labute approximate surface area is 173 Å². The Hall–Kier alpha value is -3.05. The number of fused-ring (bicyclic) bond motifs is 4. The van der Waals surface area contributed by atoms with Gasteiger partial charge in [-0.25, -0.2) is 9.78 Å². The second kappa shape index (κ2) is 7.76. The lowest BCUT2D eigenvalue weighted by molar-refractivity contribution is 0.0601. The second-order valence-corrected chi connectivity index (χ2v) is 7.35. The summed E-state index contributed by atoms with van der Waals surface area (Å²) >= 11 is 1.67. The molecule has 29 heavy (non-hydrogen) atoms. The van der Waals surface area contributed by atoms with Crippen LogP contribution in [-0.2, 0) is 4.74 Å². The summed E-state index contributed by atoms with van der Waals surface area (Å²) in [6, 6.07) is 17.8. The van der Waals surface area contributed by atoms with Crippen LogP contribution in [0.2, 0.25) is 0 Å². The van der Waals surface area contributed by atoms with Crippen molar-refractivity contribution in [2.24, 2.45) is 0 Å². The third-order valence-corrected chi connectivity index (χ3v) is 6.06. The molecule has 0 aliphatic carbocycles. The summed E-state index contributed by atoms with van der Waals surface area (Å²) in [6.45, 7) is 4.00. The van der Waals surface area contributed by atoms with E-state index in [1.807, 2.05) is 62.4 Å². The molecule has 5 heteroatoms. The summed E-state index contributed by atoms with van der Waals surface area (Å²) in [5.41, 5.74) is 4.32. The van der Waals surface area contributed by atoms with E-state index in [2.05, 4.69) is 6.07 Å². The Morgan fingerprint density at radius 3 is 2.52 bits per heavy atom. The summed E-state index contributed by atoms with van der Waals surface area (Å²) in [4.78, 5) is 19.4. The predicted molar refractivity (Wildman–Crippen MR) is 118 cm³/mol. The van der Waals surface area contributed by atoms with Crippen molar-refractivity contribution in [1.82, 2.24) is 4.98 Å². The van der Waals surface area contributed by atoms with Crippen molar-refractivity contribution in [3.8, 4) is 16.9 Å². The van der Waals surface area contributed by atoms with Crippen molar-refractivity contribution in [3.05, 3.63) is 60.2 Å². The van der Waals surface area contributed by atoms with E-state index in [0.717, 1.165) is 48.5 Å². The van der Waals surface area contributed by atoms with Crippen LogP contribution in [0, 0.1) is 0 Å². The minimum absolute atomic E-state index is 0.327. The van der Waals surface area contributed by atoms with Crippen LogP contribution < -0.4 is 4.74 Å². The van der Waals surface area contributed by atoms with E-state index in [1.165, 1.54) is 7.11 Å². The zero-order valence-electron chi connectivity index (χ0n) is 16.8. The molecule has 1 aliphatic rings. The lowest BCUT2D eigenvalue weighted by atomic mass is 9.94. The summed E-state index contributed by atoms with van der Waals surface area (Å²) in [5.74, 6) is 0.457. The number of ether oxygens (including phenoxy) is 2. The number of methoxy groups -OCH3 is 2. The minimum Gasteiger partial charge on any atom is -0.497 e. The first-order valence-corrected chi connectivity index (χ1v) is 10.3. The first kappa shape index (κ1) is 19.3. The molecule has 0 amide bonds. The topological polar surface area (TPSA) is 48.4 Å². The number of carbonyl (C=O) groups is 1. The van der Waals surface area contributed by atoms with Crippen LogP contribution in [0.5, 0.6) is 5.75 Å². The van der Waals surface area contributed by atoms with Gasteiger partial charge in [0.05, 0.1) is 30.8 Å². The number of rotatable bonds is 2. The molecule has 0 atom stereocenters. The van der Waals surface area contributed by atoms with E-state index >= 15 is 0 Å². The fraction of sp³-hybridized carbons (Fsp3) is 0.167. The highest BCUT2D eigenvalue weighted by molar-refractivity contribution is 8.00. The molecule has 0 saturated carbocycles. The maximum absolute atomic E-state index is 12.3. The first-order valence-electron chi connectivity index (χ1n) is 9.51. The van der Waals surface area contributed by atoms with Gasteiger partial charge in [-0.1, -0.05) is 43.8 Å². The van der Waals surface area contributed by atoms with Crippen LogP contribution in [0.25, 0.3) is 32.9 Å². The lowest BCUT2D eigenvalue weighted by Gasteiger charge is -2.23. The molecule has 0 fully saturated rings. The van der Waals surface area contributed by atoms with Crippen molar-refractivity contribution < 1.29 is 14.3 Å². The van der Waals surface area contributed by atoms with Crippen molar-refractivity contribution in [3.63, 3.8) is 0 Å². The van der Waals surface area contributed by atoms with Gasteiger partial charge in [0, 0.05) is 32.2 Å². The third-order valence-electron chi connectivity index (χ3n) is 4.87. The molecular weight excluding hydrogens is 382 g/mol. The van der Waals surface area contributed by atoms with Gasteiger partial charge in [0.15, 0.2) is 0 Å². The van der Waals surface area contributed by atoms with Gasteiger partial charge in [-0.3, -0.25) is 0 Å². The van der Waals surface area contributed by atoms with Gasteiger partial charge in [-0.2, -0.15) is 0 Å². The normalized spacial score (nSPS) is 11.4. The van der Waals surface area contributed by atoms with Gasteiger partial charge >= 0.3 is 5.97 Å². The SMILES string of the molecule is CC.COC(=O)c1cccc2c1-c1cccc3nc4cc(OC)ccc4c(c13)S2. The summed E-state index contributed by atoms with van der Waals surface area (Å²) in [7, 11) is 3.07. The second-order valence-electron chi connectivity index (χ2n) is 6.30. The number of nitrogens with zero attached hydrogens (tertiary/aromatic N) is 1. The van der Waals surface area contributed by atoms with E-state index in [1.54, 1.807) is 18.9 Å². The zero-order valence-corrected chi connectivity index (χ0v) is 17.6. The summed E-state index contributed by atoms with van der Waals surface area (Å²) in [5, 5.41) is 2.15. The number of carbonyl (C=O) groups excluding carboxylic acids is 1. The first-order chi connectivity index (χ1) is 14.2. The number of benzene rings is 3. The molecule has 1 aliphatic heterocycles. The fourth-order valence-electron chi connectivity index (χ4n) is 3.66. The lowest BCUT2D eigenvalue weighted by Crippen LogP contribution is -2.06. The Kier molecular flexibility index (Phi) is 5.16. The van der Waals surface area contributed by atoms with Crippen molar-refractivity contribution in [2.45, 2.75) is 23.6 Å². The maximum atomic E-state index is 12.3. The highest BCUT2D eigenvalue weighted by Gasteiger charge is 2.26. The van der Waals surface area contributed by atoms with E-state index in [4.69, 9.17) is 14.5 Å². The van der Waals surface area contributed by atoms with E-state index in [-0.39, 0.29) is 5.97 Å². The van der Waals surface area contributed by atoms with E-state index in [0.29, 0.717) is 5.56 Å². The van der Waals surface area contributed by atoms with Gasteiger partial charge in [-0.15, -0.1) is 0 Å². The standard InChI is InChI=1S/C22H15NO3S.C2H6/c1-25-12-9-10-13-17(11-12)23-16-7-3-5-14-19-15(22(24)26-2)6-4-8-18(19)27-21(13)20(14)16;1-2/h3-11H,1-2H3;1-2H3. The number of aromatic nitrogens is 1. The molecule has 1 aromatic heterocycles. The van der Waals surface area contributed by atoms with Crippen molar-refractivity contribution >= 4 is 39.5 Å². The Bertz CT molecular complexity index is 1250. The third kappa shape index (κ3) is 3.02. The number of pyridine rings is 1. The summed E-state index contributed by atoms with van der Waals surface area (Å²) < 4.78 is 10.4. The minimum atomic E-state index is -0.327. The molecule has 4 nitrogen and oxygen atoms in total. The zero-order chi connectivity index (χ0) is 20.5. The molecule has 4 aromatic rings. The van der Waals surface area contributed by atoms with Crippen LogP contribution >= 0.6 is 11.8 Å². The predicted octanol–water partition coefficient (Wildman–Crippen LogP) is 6.34. The number of esters is 1. The molecule has 0 bridgehead atoms. The molecule has 0 unspecified atom stereocenters. The highest BCUT2D eigenvalue weighted by atomic mass is 32.2. The summed E-state index contributed by atoms with van der Waals surface area (Å²) in [6.07, 6.45) is 0. The Morgan fingerprint density at radius 2 is 1.76 bits per heavy atom. The average Bonchev–Trinajstić information content (AvgIpc) is 2.79. The molecule has 0 radical (unpaired) electrons. The smallest absolute Gasteiger partial charge is 0.338 e. The van der Waals surface area contributed by atoms with Gasteiger partial charge in [0.1, 0.15) is 5.75 Å². The van der Waals surface area contributed by atoms with Gasteiger partial charge < -0.3 is 9.47 Å². The maximum Gasteiger partial charge on any atom is 0.338 e. The quantitative estimate of drug-likeness (QED) is 0.254. The molecule has 0 N–H and O–H groups in total. The van der Waals surface area contributed by atoms with Crippen LogP contribution in [0.4, 0.5) is 0 Å². The molecule has 0 saturated heterocycles. The number of hydrogen-bond donors (Lipinski definition) is 0. The van der Waals surface area contributed by atoms with Crippen LogP contribution in [0.1, 0.15) is 24.2 Å². The Balaban J connectivity index is 0.000000994. The molecule has 146 valence electrons. The van der Waals surface area contributed by atoms with E-state index in [9.17, 15) is 4.79 Å². The monoisotopic (exact) mass is 403 g/mol. The number of hydrogen-bond acceptors (Lipinski definition) is 5. The largest absolute Gasteiger partial charge is 0.497 e. The van der Waals surface area contributed by atoms with Gasteiger partial charge in [-0.05, 0) is 35.9 Å². The van der Waals surface area contributed by atoms with Crippen LogP contribution in [-0.4, -0.2) is 25.2 Å².